The van der Waals surface area contributed by atoms with Crippen LogP contribution >= 0.6 is 11.6 Å². The maximum atomic E-state index is 12.1. The fourth-order valence-electron chi connectivity index (χ4n) is 2.22. The van der Waals surface area contributed by atoms with Gasteiger partial charge in [0.25, 0.3) is 5.91 Å². The van der Waals surface area contributed by atoms with Crippen molar-refractivity contribution in [3.05, 3.63) is 48.6 Å². The van der Waals surface area contributed by atoms with Crippen LogP contribution in [0.15, 0.2) is 48.0 Å². The molecule has 0 aliphatic carbocycles. The SMILES string of the molecule is C=CCN=C[C@H]1[C@@H](OCc2ccccc2)C(=O)N1CCCl. The zero-order chi connectivity index (χ0) is 15.1. The van der Waals surface area contributed by atoms with Gasteiger partial charge in [-0.25, -0.2) is 0 Å². The molecule has 1 heterocycles. The fourth-order valence-corrected chi connectivity index (χ4v) is 2.40. The van der Waals surface area contributed by atoms with Crippen LogP contribution in [0.3, 0.4) is 0 Å². The number of rotatable bonds is 8. The molecule has 0 N–H and O–H groups in total. The van der Waals surface area contributed by atoms with Crippen molar-refractivity contribution in [1.82, 2.24) is 4.90 Å². The fraction of sp³-hybridized carbons (Fsp3) is 0.375. The molecule has 5 heteroatoms. The number of β-lactam (4-membered cyclic amide) rings is 1. The van der Waals surface area contributed by atoms with Crippen LogP contribution in [0.5, 0.6) is 0 Å². The molecular formula is C16H19ClN2O2. The number of ether oxygens (including phenoxy) is 1. The van der Waals surface area contributed by atoms with Crippen molar-refractivity contribution in [2.24, 2.45) is 4.99 Å². The van der Waals surface area contributed by atoms with Gasteiger partial charge < -0.3 is 9.64 Å². The number of likely N-dealkylation sites (tertiary alicyclic amines) is 1. The van der Waals surface area contributed by atoms with Gasteiger partial charge >= 0.3 is 0 Å². The van der Waals surface area contributed by atoms with Crippen LogP contribution in [0.1, 0.15) is 5.56 Å². The van der Waals surface area contributed by atoms with E-state index in [-0.39, 0.29) is 11.9 Å². The molecule has 0 spiro atoms. The van der Waals surface area contributed by atoms with Gasteiger partial charge in [-0.15, -0.1) is 18.2 Å². The molecule has 1 saturated heterocycles. The number of carbonyl (C=O) groups excluding carboxylic acids is 1. The topological polar surface area (TPSA) is 41.9 Å². The molecule has 1 aliphatic heterocycles. The monoisotopic (exact) mass is 306 g/mol. The molecule has 112 valence electrons. The number of hydrogen-bond acceptors (Lipinski definition) is 3. The van der Waals surface area contributed by atoms with Crippen molar-refractivity contribution >= 4 is 23.7 Å². The molecule has 0 unspecified atom stereocenters. The first-order chi connectivity index (χ1) is 10.3. The van der Waals surface area contributed by atoms with E-state index < -0.39 is 6.10 Å². The number of nitrogens with zero attached hydrogens (tertiary/aromatic N) is 2. The summed E-state index contributed by atoms with van der Waals surface area (Å²) in [6.45, 7) is 5.08. The van der Waals surface area contributed by atoms with Crippen molar-refractivity contribution in [3.63, 3.8) is 0 Å². The van der Waals surface area contributed by atoms with Crippen LogP contribution in [-0.4, -0.2) is 48.1 Å². The van der Waals surface area contributed by atoms with E-state index in [1.807, 2.05) is 30.3 Å². The zero-order valence-electron chi connectivity index (χ0n) is 11.8. The van der Waals surface area contributed by atoms with Gasteiger partial charge in [0.05, 0.1) is 13.2 Å². The minimum Gasteiger partial charge on any atom is -0.361 e. The summed E-state index contributed by atoms with van der Waals surface area (Å²) < 4.78 is 5.74. The van der Waals surface area contributed by atoms with Crippen molar-refractivity contribution in [1.29, 1.82) is 0 Å². The summed E-state index contributed by atoms with van der Waals surface area (Å²) in [7, 11) is 0. The summed E-state index contributed by atoms with van der Waals surface area (Å²) in [5.74, 6) is 0.379. The molecule has 2 atom stereocenters. The second-order valence-corrected chi connectivity index (χ2v) is 5.11. The molecule has 1 aromatic carbocycles. The van der Waals surface area contributed by atoms with Gasteiger partial charge in [-0.1, -0.05) is 36.4 Å². The van der Waals surface area contributed by atoms with Crippen molar-refractivity contribution in [3.8, 4) is 0 Å². The Labute approximate surface area is 130 Å². The predicted molar refractivity (Wildman–Crippen MR) is 84.8 cm³/mol. The zero-order valence-corrected chi connectivity index (χ0v) is 12.6. The number of hydrogen-bond donors (Lipinski definition) is 0. The number of aliphatic imine (C=N–C) groups is 1. The lowest BCUT2D eigenvalue weighted by molar-refractivity contribution is -0.167. The number of halogens is 1. The number of amides is 1. The third-order valence-electron chi connectivity index (χ3n) is 3.29. The Morgan fingerprint density at radius 3 is 2.81 bits per heavy atom. The van der Waals surface area contributed by atoms with Crippen LogP contribution in [0, 0.1) is 0 Å². The molecule has 0 bridgehead atoms. The number of alkyl halides is 1. The highest BCUT2D eigenvalue weighted by molar-refractivity contribution is 6.18. The molecule has 4 nitrogen and oxygen atoms in total. The molecule has 1 aliphatic rings. The predicted octanol–water partition coefficient (Wildman–Crippen LogP) is 2.28. The van der Waals surface area contributed by atoms with Crippen molar-refractivity contribution in [2.45, 2.75) is 18.8 Å². The summed E-state index contributed by atoms with van der Waals surface area (Å²) >= 11 is 5.73. The Morgan fingerprint density at radius 2 is 2.14 bits per heavy atom. The highest BCUT2D eigenvalue weighted by atomic mass is 35.5. The summed E-state index contributed by atoms with van der Waals surface area (Å²) in [6, 6.07) is 9.65. The quantitative estimate of drug-likeness (QED) is 0.320. The third kappa shape index (κ3) is 3.93. The Balaban J connectivity index is 1.95. The van der Waals surface area contributed by atoms with E-state index >= 15 is 0 Å². The first-order valence-electron chi connectivity index (χ1n) is 6.90. The van der Waals surface area contributed by atoms with Crippen LogP contribution in [0.25, 0.3) is 0 Å². The summed E-state index contributed by atoms with van der Waals surface area (Å²) in [5, 5.41) is 0. The molecule has 0 radical (unpaired) electrons. The van der Waals surface area contributed by atoms with E-state index in [1.54, 1.807) is 17.2 Å². The summed E-state index contributed by atoms with van der Waals surface area (Å²) in [4.78, 5) is 18.0. The van der Waals surface area contributed by atoms with E-state index in [0.717, 1.165) is 5.56 Å². The Morgan fingerprint density at radius 1 is 1.38 bits per heavy atom. The molecule has 0 aromatic heterocycles. The molecule has 21 heavy (non-hydrogen) atoms. The highest BCUT2D eigenvalue weighted by Gasteiger charge is 2.46. The minimum atomic E-state index is -0.470. The van der Waals surface area contributed by atoms with Gasteiger partial charge in [0.15, 0.2) is 6.10 Å². The minimum absolute atomic E-state index is 0.0263. The van der Waals surface area contributed by atoms with Crippen LogP contribution in [0.4, 0.5) is 0 Å². The number of carbonyl (C=O) groups is 1. The standard InChI is InChI=1S/C16H19ClN2O2/c1-2-9-18-11-14-15(16(20)19(14)10-8-17)21-12-13-6-4-3-5-7-13/h2-7,11,14-15H,1,8-10,12H2/t14-,15+/m0/s1. The second kappa shape index (κ2) is 7.96. The third-order valence-corrected chi connectivity index (χ3v) is 3.46. The van der Waals surface area contributed by atoms with Crippen LogP contribution in [0.2, 0.25) is 0 Å². The Bertz CT molecular complexity index is 504. The normalized spacial score (nSPS) is 21.6. The molecule has 0 saturated carbocycles. The first kappa shape index (κ1) is 15.7. The first-order valence-corrected chi connectivity index (χ1v) is 7.44. The summed E-state index contributed by atoms with van der Waals surface area (Å²) in [5.41, 5.74) is 1.04. The van der Waals surface area contributed by atoms with Gasteiger partial charge in [-0.2, -0.15) is 0 Å². The van der Waals surface area contributed by atoms with Crippen LogP contribution < -0.4 is 0 Å². The highest BCUT2D eigenvalue weighted by Crippen LogP contribution is 2.23. The molecule has 1 amide bonds. The van der Waals surface area contributed by atoms with Gasteiger partial charge in [-0.3, -0.25) is 9.79 Å². The maximum Gasteiger partial charge on any atom is 0.254 e. The van der Waals surface area contributed by atoms with Crippen LogP contribution in [-0.2, 0) is 16.1 Å². The largest absolute Gasteiger partial charge is 0.361 e. The van der Waals surface area contributed by atoms with Gasteiger partial charge in [0.1, 0.15) is 6.04 Å². The molecule has 1 aromatic rings. The molecule has 1 fully saturated rings. The van der Waals surface area contributed by atoms with E-state index in [2.05, 4.69) is 11.6 Å². The average molecular weight is 307 g/mol. The lowest BCUT2D eigenvalue weighted by Gasteiger charge is -2.44. The van der Waals surface area contributed by atoms with Gasteiger partial charge in [-0.05, 0) is 5.56 Å². The van der Waals surface area contributed by atoms with E-state index in [0.29, 0.717) is 25.6 Å². The van der Waals surface area contributed by atoms with E-state index in [9.17, 15) is 4.79 Å². The lowest BCUT2D eigenvalue weighted by atomic mass is 9.99. The maximum absolute atomic E-state index is 12.1. The summed E-state index contributed by atoms with van der Waals surface area (Å²) in [6.07, 6.45) is 3.00. The van der Waals surface area contributed by atoms with Gasteiger partial charge in [0, 0.05) is 18.6 Å². The van der Waals surface area contributed by atoms with Gasteiger partial charge in [0.2, 0.25) is 0 Å². The Kier molecular flexibility index (Phi) is 5.96. The molecular weight excluding hydrogens is 288 g/mol. The molecule has 2 rings (SSSR count). The Hall–Kier alpha value is -1.65. The lowest BCUT2D eigenvalue weighted by Crippen LogP contribution is -2.66. The van der Waals surface area contributed by atoms with Crippen molar-refractivity contribution in [2.75, 3.05) is 19.0 Å². The van der Waals surface area contributed by atoms with E-state index in [4.69, 9.17) is 16.3 Å². The van der Waals surface area contributed by atoms with E-state index in [1.165, 1.54) is 0 Å². The van der Waals surface area contributed by atoms with Crippen molar-refractivity contribution < 1.29 is 9.53 Å². The second-order valence-electron chi connectivity index (χ2n) is 4.73. The smallest absolute Gasteiger partial charge is 0.254 e. The average Bonchev–Trinajstić information content (AvgIpc) is 2.52. The number of benzene rings is 1.